The van der Waals surface area contributed by atoms with Crippen molar-refractivity contribution in [2.75, 3.05) is 0 Å². The number of nitrogens with one attached hydrogen (secondary N) is 1. The maximum atomic E-state index is 11.9. The lowest BCUT2D eigenvalue weighted by Crippen LogP contribution is -2.41. The Balaban J connectivity index is 0.00000361. The summed E-state index contributed by atoms with van der Waals surface area (Å²) in [6, 6.07) is 8.48. The number of amides is 1. The van der Waals surface area contributed by atoms with Crippen molar-refractivity contribution >= 4 is 18.3 Å². The summed E-state index contributed by atoms with van der Waals surface area (Å²) >= 11 is 0. The average molecular weight is 299 g/mol. The number of hydrogen-bond acceptors (Lipinski definition) is 2. The summed E-state index contributed by atoms with van der Waals surface area (Å²) in [7, 11) is 0. The molecule has 20 heavy (non-hydrogen) atoms. The maximum absolute atomic E-state index is 11.9. The van der Waals surface area contributed by atoms with E-state index in [0.29, 0.717) is 6.42 Å². The van der Waals surface area contributed by atoms with E-state index in [-0.39, 0.29) is 29.9 Å². The van der Waals surface area contributed by atoms with Gasteiger partial charge in [0.2, 0.25) is 5.91 Å². The summed E-state index contributed by atoms with van der Waals surface area (Å²) in [6.45, 7) is 8.10. The fourth-order valence-electron chi connectivity index (χ4n) is 2.00. The molecule has 0 aliphatic carbocycles. The molecular formula is C16H27ClN2O. The van der Waals surface area contributed by atoms with E-state index in [2.05, 4.69) is 36.5 Å². The molecule has 0 bridgehead atoms. The molecule has 0 radical (unpaired) electrons. The minimum absolute atomic E-state index is 0. The van der Waals surface area contributed by atoms with Crippen LogP contribution in [0, 0.1) is 0 Å². The SMILES string of the molecule is CCc1ccc(C(C)(C)NC(=O)CCC(C)N)cc1.Cl. The van der Waals surface area contributed by atoms with Crippen LogP contribution in [0.1, 0.15) is 51.7 Å². The van der Waals surface area contributed by atoms with Gasteiger partial charge in [0.1, 0.15) is 0 Å². The standard InChI is InChI=1S/C16H26N2O.ClH/c1-5-13-7-9-14(10-8-13)16(3,4)18-15(19)11-6-12(2)17;/h7-10,12H,5-6,11,17H2,1-4H3,(H,18,19);1H. The van der Waals surface area contributed by atoms with Gasteiger partial charge in [-0.3, -0.25) is 4.79 Å². The second-order valence-electron chi connectivity index (χ2n) is 5.74. The molecule has 0 spiro atoms. The molecule has 114 valence electrons. The van der Waals surface area contributed by atoms with Gasteiger partial charge >= 0.3 is 0 Å². The van der Waals surface area contributed by atoms with E-state index in [4.69, 9.17) is 5.73 Å². The molecule has 0 heterocycles. The first-order valence-corrected chi connectivity index (χ1v) is 7.01. The lowest BCUT2D eigenvalue weighted by molar-refractivity contribution is -0.122. The zero-order valence-corrected chi connectivity index (χ0v) is 13.7. The van der Waals surface area contributed by atoms with E-state index in [0.717, 1.165) is 18.4 Å². The first-order chi connectivity index (χ1) is 8.85. The topological polar surface area (TPSA) is 55.1 Å². The molecule has 3 N–H and O–H groups in total. The molecule has 0 aliphatic heterocycles. The third-order valence-corrected chi connectivity index (χ3v) is 3.36. The number of nitrogens with two attached hydrogens (primary N) is 1. The molecule has 0 saturated heterocycles. The molecule has 0 fully saturated rings. The molecule has 1 aromatic carbocycles. The summed E-state index contributed by atoms with van der Waals surface area (Å²) in [5, 5.41) is 3.07. The van der Waals surface area contributed by atoms with Crippen LogP contribution in [0.2, 0.25) is 0 Å². The quantitative estimate of drug-likeness (QED) is 0.847. The highest BCUT2D eigenvalue weighted by atomic mass is 35.5. The van der Waals surface area contributed by atoms with Crippen LogP contribution < -0.4 is 11.1 Å². The summed E-state index contributed by atoms with van der Waals surface area (Å²) in [4.78, 5) is 11.9. The molecule has 4 heteroatoms. The van der Waals surface area contributed by atoms with E-state index in [1.165, 1.54) is 5.56 Å². The molecular weight excluding hydrogens is 272 g/mol. The Morgan fingerprint density at radius 1 is 1.30 bits per heavy atom. The Bertz CT molecular complexity index is 413. The van der Waals surface area contributed by atoms with E-state index in [1.54, 1.807) is 0 Å². The molecule has 0 saturated carbocycles. The van der Waals surface area contributed by atoms with E-state index in [1.807, 2.05) is 20.8 Å². The minimum Gasteiger partial charge on any atom is -0.347 e. The largest absolute Gasteiger partial charge is 0.347 e. The predicted molar refractivity (Wildman–Crippen MR) is 87.1 cm³/mol. The summed E-state index contributed by atoms with van der Waals surface area (Å²) in [5.74, 6) is 0.0573. The molecule has 1 amide bonds. The summed E-state index contributed by atoms with van der Waals surface area (Å²) in [5.41, 5.74) is 7.75. The second kappa shape index (κ2) is 8.28. The molecule has 0 aromatic heterocycles. The average Bonchev–Trinajstić information content (AvgIpc) is 2.36. The first kappa shape index (κ1) is 18.9. The van der Waals surface area contributed by atoms with Gasteiger partial charge in [-0.25, -0.2) is 0 Å². The summed E-state index contributed by atoms with van der Waals surface area (Å²) < 4.78 is 0. The lowest BCUT2D eigenvalue weighted by atomic mass is 9.92. The lowest BCUT2D eigenvalue weighted by Gasteiger charge is -2.27. The van der Waals surface area contributed by atoms with Crippen LogP contribution in [0.5, 0.6) is 0 Å². The van der Waals surface area contributed by atoms with Crippen molar-refractivity contribution in [2.24, 2.45) is 5.73 Å². The van der Waals surface area contributed by atoms with Crippen LogP contribution in [0.15, 0.2) is 24.3 Å². The molecule has 3 nitrogen and oxygen atoms in total. The van der Waals surface area contributed by atoms with E-state index in [9.17, 15) is 4.79 Å². The van der Waals surface area contributed by atoms with Gasteiger partial charge in [0.15, 0.2) is 0 Å². The van der Waals surface area contributed by atoms with Crippen LogP contribution in [0.25, 0.3) is 0 Å². The van der Waals surface area contributed by atoms with Gasteiger partial charge in [-0.2, -0.15) is 0 Å². The Hall–Kier alpha value is -1.06. The molecule has 1 rings (SSSR count). The van der Waals surface area contributed by atoms with Gasteiger partial charge in [-0.05, 0) is 44.7 Å². The van der Waals surface area contributed by atoms with Crippen molar-refractivity contribution in [3.05, 3.63) is 35.4 Å². The number of carbonyl (C=O) groups is 1. The number of carbonyl (C=O) groups excluding carboxylic acids is 1. The predicted octanol–water partition coefficient (Wildman–Crippen LogP) is 3.15. The molecule has 1 aromatic rings. The van der Waals surface area contributed by atoms with Crippen molar-refractivity contribution in [2.45, 2.75) is 58.5 Å². The molecule has 1 unspecified atom stereocenters. The number of halogens is 1. The van der Waals surface area contributed by atoms with Crippen LogP contribution in [-0.2, 0) is 16.8 Å². The normalized spacial score (nSPS) is 12.4. The third-order valence-electron chi connectivity index (χ3n) is 3.36. The first-order valence-electron chi connectivity index (χ1n) is 7.01. The van der Waals surface area contributed by atoms with Crippen molar-refractivity contribution in [1.82, 2.24) is 5.32 Å². The highest BCUT2D eigenvalue weighted by Crippen LogP contribution is 2.21. The van der Waals surface area contributed by atoms with Crippen molar-refractivity contribution in [3.63, 3.8) is 0 Å². The van der Waals surface area contributed by atoms with Gasteiger partial charge in [0.25, 0.3) is 0 Å². The minimum atomic E-state index is -0.346. The zero-order valence-electron chi connectivity index (χ0n) is 12.9. The fraction of sp³-hybridized carbons (Fsp3) is 0.562. The smallest absolute Gasteiger partial charge is 0.220 e. The fourth-order valence-corrected chi connectivity index (χ4v) is 2.00. The Morgan fingerprint density at radius 3 is 2.30 bits per heavy atom. The van der Waals surface area contributed by atoms with Crippen LogP contribution in [0.3, 0.4) is 0 Å². The van der Waals surface area contributed by atoms with Crippen molar-refractivity contribution < 1.29 is 4.79 Å². The third kappa shape index (κ3) is 5.93. The van der Waals surface area contributed by atoms with Crippen LogP contribution in [-0.4, -0.2) is 11.9 Å². The van der Waals surface area contributed by atoms with Gasteiger partial charge in [0.05, 0.1) is 5.54 Å². The molecule has 1 atom stereocenters. The summed E-state index contributed by atoms with van der Waals surface area (Å²) in [6.07, 6.45) is 2.23. The molecule has 0 aliphatic rings. The van der Waals surface area contributed by atoms with E-state index >= 15 is 0 Å². The van der Waals surface area contributed by atoms with Crippen LogP contribution >= 0.6 is 12.4 Å². The number of rotatable bonds is 6. The van der Waals surface area contributed by atoms with E-state index < -0.39 is 0 Å². The highest BCUT2D eigenvalue weighted by Gasteiger charge is 2.22. The highest BCUT2D eigenvalue weighted by molar-refractivity contribution is 5.85. The van der Waals surface area contributed by atoms with Crippen molar-refractivity contribution in [1.29, 1.82) is 0 Å². The zero-order chi connectivity index (χ0) is 14.5. The van der Waals surface area contributed by atoms with Crippen LogP contribution in [0.4, 0.5) is 0 Å². The van der Waals surface area contributed by atoms with Gasteiger partial charge in [0, 0.05) is 12.5 Å². The van der Waals surface area contributed by atoms with Gasteiger partial charge in [-0.1, -0.05) is 31.2 Å². The maximum Gasteiger partial charge on any atom is 0.220 e. The second-order valence-corrected chi connectivity index (χ2v) is 5.74. The number of benzene rings is 1. The number of aryl methyl sites for hydroxylation is 1. The number of hydrogen-bond donors (Lipinski definition) is 2. The Labute approximate surface area is 128 Å². The van der Waals surface area contributed by atoms with Gasteiger partial charge in [-0.15, -0.1) is 12.4 Å². The Kier molecular flexibility index (Phi) is 7.84. The van der Waals surface area contributed by atoms with Crippen molar-refractivity contribution in [3.8, 4) is 0 Å². The Morgan fingerprint density at radius 2 is 1.85 bits per heavy atom. The monoisotopic (exact) mass is 298 g/mol. The van der Waals surface area contributed by atoms with Gasteiger partial charge < -0.3 is 11.1 Å².